The first-order valence-electron chi connectivity index (χ1n) is 10.4. The van der Waals surface area contributed by atoms with Crippen LogP contribution in [0, 0.1) is 11.6 Å². The Hall–Kier alpha value is -3.35. The maximum absolute atomic E-state index is 13.4. The lowest BCUT2D eigenvalue weighted by Gasteiger charge is -2.25. The molecule has 1 aliphatic carbocycles. The van der Waals surface area contributed by atoms with Gasteiger partial charge in [-0.3, -0.25) is 9.59 Å². The van der Waals surface area contributed by atoms with Gasteiger partial charge >= 0.3 is 0 Å². The van der Waals surface area contributed by atoms with E-state index in [4.69, 9.17) is 0 Å². The van der Waals surface area contributed by atoms with Crippen molar-refractivity contribution in [2.45, 2.75) is 44.1 Å². The van der Waals surface area contributed by atoms with Gasteiger partial charge in [0.05, 0.1) is 18.2 Å². The second kappa shape index (κ2) is 9.20. The molecule has 2 N–H and O–H groups in total. The maximum Gasteiger partial charge on any atom is 0.251 e. The van der Waals surface area contributed by atoms with E-state index in [2.05, 4.69) is 15.3 Å². The van der Waals surface area contributed by atoms with E-state index in [1.54, 1.807) is 24.3 Å². The molecule has 160 valence electrons. The molecule has 2 aromatic carbocycles. The molecule has 1 aliphatic rings. The molecule has 31 heavy (non-hydrogen) atoms. The zero-order valence-electron chi connectivity index (χ0n) is 16.9. The quantitative estimate of drug-likeness (QED) is 0.604. The molecule has 0 unspecified atom stereocenters. The summed E-state index contributed by atoms with van der Waals surface area (Å²) in [4.78, 5) is 32.2. The third kappa shape index (κ3) is 5.42. The number of amides is 1. The Kier molecular flexibility index (Phi) is 6.21. The van der Waals surface area contributed by atoms with Gasteiger partial charge in [0.25, 0.3) is 5.56 Å². The van der Waals surface area contributed by atoms with Crippen LogP contribution in [-0.4, -0.2) is 15.9 Å². The van der Waals surface area contributed by atoms with Crippen LogP contribution in [0.15, 0.2) is 59.4 Å². The van der Waals surface area contributed by atoms with E-state index in [1.807, 2.05) is 0 Å². The minimum absolute atomic E-state index is 0.0775. The van der Waals surface area contributed by atoms with Crippen LogP contribution in [0.3, 0.4) is 0 Å². The van der Waals surface area contributed by atoms with Gasteiger partial charge in [-0.2, -0.15) is 0 Å². The van der Waals surface area contributed by atoms with Crippen molar-refractivity contribution in [3.8, 4) is 0 Å². The summed E-state index contributed by atoms with van der Waals surface area (Å²) in [6.45, 7) is 0. The van der Waals surface area contributed by atoms with Crippen molar-refractivity contribution in [1.82, 2.24) is 15.3 Å². The molecule has 1 fully saturated rings. The third-order valence-electron chi connectivity index (χ3n) is 5.60. The van der Waals surface area contributed by atoms with Crippen LogP contribution in [0.25, 0.3) is 0 Å². The molecule has 0 aliphatic heterocycles. The largest absolute Gasteiger partial charge is 0.349 e. The van der Waals surface area contributed by atoms with Crippen LogP contribution in [-0.2, 0) is 17.6 Å². The molecule has 1 atom stereocenters. The summed E-state index contributed by atoms with van der Waals surface area (Å²) in [5.74, 6) is -0.0445. The van der Waals surface area contributed by atoms with E-state index in [0.717, 1.165) is 19.3 Å². The highest BCUT2D eigenvalue weighted by Gasteiger charge is 2.23. The van der Waals surface area contributed by atoms with Gasteiger partial charge in [0.2, 0.25) is 5.91 Å². The number of nitrogens with zero attached hydrogens (tertiary/aromatic N) is 1. The van der Waals surface area contributed by atoms with E-state index < -0.39 is 6.04 Å². The van der Waals surface area contributed by atoms with Crippen LogP contribution < -0.4 is 10.9 Å². The highest BCUT2D eigenvalue weighted by Crippen LogP contribution is 2.34. The van der Waals surface area contributed by atoms with E-state index in [-0.39, 0.29) is 35.4 Å². The number of aromatic nitrogens is 2. The van der Waals surface area contributed by atoms with Gasteiger partial charge in [-0.05, 0) is 48.2 Å². The number of nitrogens with one attached hydrogen (secondary N) is 2. The number of aromatic amines is 1. The van der Waals surface area contributed by atoms with Crippen LogP contribution in [0.2, 0.25) is 0 Å². The van der Waals surface area contributed by atoms with Gasteiger partial charge in [0.1, 0.15) is 17.5 Å². The number of hydrogen-bond donors (Lipinski definition) is 2. The minimum Gasteiger partial charge on any atom is -0.349 e. The van der Waals surface area contributed by atoms with Crippen molar-refractivity contribution in [3.63, 3.8) is 0 Å². The maximum atomic E-state index is 13.4. The van der Waals surface area contributed by atoms with E-state index in [9.17, 15) is 18.4 Å². The molecule has 0 bridgehead atoms. The Balaban J connectivity index is 1.55. The Morgan fingerprint density at radius 2 is 1.71 bits per heavy atom. The molecule has 0 spiro atoms. The van der Waals surface area contributed by atoms with Crippen molar-refractivity contribution in [2.24, 2.45) is 0 Å². The Labute approximate surface area is 178 Å². The zero-order chi connectivity index (χ0) is 21.8. The molecule has 0 radical (unpaired) electrons. The van der Waals surface area contributed by atoms with Crippen molar-refractivity contribution in [1.29, 1.82) is 0 Å². The normalized spacial score (nSPS) is 14.6. The summed E-state index contributed by atoms with van der Waals surface area (Å²) >= 11 is 0. The average molecular weight is 423 g/mol. The van der Waals surface area contributed by atoms with E-state index in [1.165, 1.54) is 30.3 Å². The molecule has 7 heteroatoms. The fourth-order valence-corrected chi connectivity index (χ4v) is 3.70. The van der Waals surface area contributed by atoms with Crippen molar-refractivity contribution in [3.05, 3.63) is 99.2 Å². The number of benzene rings is 2. The Bertz CT molecular complexity index is 1110. The fourth-order valence-electron chi connectivity index (χ4n) is 3.70. The van der Waals surface area contributed by atoms with Gasteiger partial charge in [0.15, 0.2) is 0 Å². The molecule has 1 aromatic heterocycles. The predicted molar refractivity (Wildman–Crippen MR) is 113 cm³/mol. The van der Waals surface area contributed by atoms with Gasteiger partial charge in [0, 0.05) is 18.4 Å². The minimum atomic E-state index is -0.489. The van der Waals surface area contributed by atoms with Crippen molar-refractivity contribution >= 4 is 5.91 Å². The molecular weight excluding hydrogens is 400 g/mol. The Morgan fingerprint density at radius 3 is 2.32 bits per heavy atom. The summed E-state index contributed by atoms with van der Waals surface area (Å²) in [6, 6.07) is 12.6. The summed E-state index contributed by atoms with van der Waals surface area (Å²) < 4.78 is 26.5. The molecule has 1 heterocycles. The molecule has 0 saturated heterocycles. The predicted octanol–water partition coefficient (Wildman–Crippen LogP) is 3.96. The topological polar surface area (TPSA) is 74.8 Å². The summed E-state index contributed by atoms with van der Waals surface area (Å²) in [6.07, 6.45) is 3.50. The first kappa shape index (κ1) is 20.9. The smallest absolute Gasteiger partial charge is 0.251 e. The number of hydrogen-bond acceptors (Lipinski definition) is 3. The number of halogens is 2. The number of carbonyl (C=O) groups is 1. The standard InChI is InChI=1S/C24H23F2N3O2/c25-18-8-4-15(5-9-18)12-22(30)28-21(16-6-10-19(26)11-7-16)13-20-14-23(31)29-24(27-20)17-2-1-3-17/h4-11,14,17,21H,1-3,12-13H2,(H,28,30)(H,27,29,31)/t21-/m0/s1. The van der Waals surface area contributed by atoms with Gasteiger partial charge in [-0.1, -0.05) is 30.7 Å². The lowest BCUT2D eigenvalue weighted by molar-refractivity contribution is -0.121. The molecule has 5 nitrogen and oxygen atoms in total. The first-order valence-corrected chi connectivity index (χ1v) is 10.4. The Morgan fingerprint density at radius 1 is 1.06 bits per heavy atom. The van der Waals surface area contributed by atoms with Crippen LogP contribution in [0.5, 0.6) is 0 Å². The molecule has 1 saturated carbocycles. The van der Waals surface area contributed by atoms with E-state index >= 15 is 0 Å². The number of carbonyl (C=O) groups excluding carboxylic acids is 1. The zero-order valence-corrected chi connectivity index (χ0v) is 16.9. The fraction of sp³-hybridized carbons (Fsp3) is 0.292. The first-order chi connectivity index (χ1) is 15.0. The molecule has 1 amide bonds. The lowest BCUT2D eigenvalue weighted by atomic mass is 9.85. The van der Waals surface area contributed by atoms with Crippen LogP contribution in [0.4, 0.5) is 8.78 Å². The highest BCUT2D eigenvalue weighted by atomic mass is 19.1. The van der Waals surface area contributed by atoms with Crippen LogP contribution >= 0.6 is 0 Å². The molecule has 4 rings (SSSR count). The summed E-state index contributed by atoms with van der Waals surface area (Å²) in [5.41, 5.74) is 1.74. The summed E-state index contributed by atoms with van der Waals surface area (Å²) in [5, 5.41) is 2.95. The van der Waals surface area contributed by atoms with Gasteiger partial charge in [-0.15, -0.1) is 0 Å². The summed E-state index contributed by atoms with van der Waals surface area (Å²) in [7, 11) is 0. The highest BCUT2D eigenvalue weighted by molar-refractivity contribution is 5.79. The van der Waals surface area contributed by atoms with E-state index in [0.29, 0.717) is 29.1 Å². The van der Waals surface area contributed by atoms with Gasteiger partial charge in [-0.25, -0.2) is 13.8 Å². The second-order valence-corrected chi connectivity index (χ2v) is 7.93. The van der Waals surface area contributed by atoms with Crippen LogP contribution in [0.1, 0.15) is 53.9 Å². The lowest BCUT2D eigenvalue weighted by Crippen LogP contribution is -2.32. The average Bonchev–Trinajstić information content (AvgIpc) is 2.68. The molecule has 3 aromatic rings. The van der Waals surface area contributed by atoms with Crippen molar-refractivity contribution < 1.29 is 13.6 Å². The monoisotopic (exact) mass is 423 g/mol. The van der Waals surface area contributed by atoms with Gasteiger partial charge < -0.3 is 10.3 Å². The number of H-pyrrole nitrogens is 1. The second-order valence-electron chi connectivity index (χ2n) is 7.93. The van der Waals surface area contributed by atoms with Crippen molar-refractivity contribution in [2.75, 3.05) is 0 Å². The molecular formula is C24H23F2N3O2. The SMILES string of the molecule is O=C(Cc1ccc(F)cc1)N[C@@H](Cc1cc(=O)[nH]c(C2CCC2)n1)c1ccc(F)cc1. The third-order valence-corrected chi connectivity index (χ3v) is 5.60. The number of rotatable bonds is 7.